The first-order valence-corrected chi connectivity index (χ1v) is 50.0. The maximum Gasteiger partial charge on any atom is 0.411 e. The SMILES string of the molecule is C.C1=CC2=CN3c4ccccc4CC3N2C=C1.CC(=O)C=C(C)O.CC(C)c1cccc(C(C)C)c1-n1cc[n+]2c1-c1ccccc1C2.CC(C)n1nc2c3ccccc3c3cccc4c3c2[n+]1C4.CC([NH-])=CC(C)=Nc1ccccc1.CN1C=CN2C1Cc1ccc3c4ccccc4oc3[n+]12.Fc1c[c-]c(-c2nccc3ccccc23)c(F)c1.[Ir].[Ir].[c-]1ccccc1-c1cc(-c2ccccc2)c2cc(-c3ccccc3)ccc2n1. The number of carbonyl (C=O) groups is 1. The van der Waals surface area contributed by atoms with Crippen molar-refractivity contribution in [2.75, 3.05) is 17.0 Å². The third kappa shape index (κ3) is 21.9. The topological polar surface area (TPSA) is 160 Å². The number of likely N-dealkylation sites (N-methyl/N-ethyl adjacent to an activating group) is 1. The molecule has 0 saturated carbocycles. The number of pyridine rings is 3. The Bertz CT molecular complexity index is 8570. The van der Waals surface area contributed by atoms with Gasteiger partial charge in [-0.3, -0.25) is 23.6 Å². The molecule has 7 aliphatic rings. The summed E-state index contributed by atoms with van der Waals surface area (Å²) in [6, 6.07) is 117. The van der Waals surface area contributed by atoms with Gasteiger partial charge >= 0.3 is 5.71 Å². The van der Waals surface area contributed by atoms with E-state index < -0.39 is 11.6 Å². The molecule has 2 N–H and O–H groups in total. The molecule has 20 aromatic rings. The summed E-state index contributed by atoms with van der Waals surface area (Å²) in [5.41, 5.74) is 36.1. The maximum atomic E-state index is 13.8. The number of nitrogens with one attached hydrogen (secondary N) is 1. The fourth-order valence-corrected chi connectivity index (χ4v) is 20.6. The van der Waals surface area contributed by atoms with Gasteiger partial charge in [-0.1, -0.05) is 290 Å². The molecule has 0 bridgehead atoms. The Kier molecular flexibility index (Phi) is 32.5. The van der Waals surface area contributed by atoms with Crippen LogP contribution in [-0.4, -0.2) is 70.2 Å². The number of aliphatic imine (C=N–C) groups is 1. The van der Waals surface area contributed by atoms with Crippen LogP contribution in [-0.2, 0) is 70.9 Å². The van der Waals surface area contributed by atoms with Crippen LogP contribution in [0.4, 0.5) is 20.2 Å². The summed E-state index contributed by atoms with van der Waals surface area (Å²) in [4.78, 5) is 32.5. The smallest absolute Gasteiger partial charge is 0.411 e. The second-order valence-corrected chi connectivity index (χ2v) is 38.4. The van der Waals surface area contributed by atoms with Crippen LogP contribution in [0.3, 0.4) is 0 Å². The molecule has 13 heterocycles. The molecule has 21 heteroatoms. The Morgan fingerprint density at radius 1 is 0.580 bits per heavy atom. The Morgan fingerprint density at radius 3 is 1.95 bits per heavy atom. The first-order valence-electron chi connectivity index (χ1n) is 50.0. The number of aromatic nitrogens is 8. The van der Waals surface area contributed by atoms with Gasteiger partial charge in [0.05, 0.1) is 40.8 Å². The molecule has 7 aliphatic heterocycles. The van der Waals surface area contributed by atoms with E-state index in [2.05, 4.69) is 381 Å². The zero-order valence-electron chi connectivity index (χ0n) is 84.8. The third-order valence-electron chi connectivity index (χ3n) is 27.2. The fraction of sp³-hybridized carbons (Fsp3) is 0.163. The number of allylic oxidation sites excluding steroid dienone is 7. The van der Waals surface area contributed by atoms with E-state index >= 15 is 0 Å². The second-order valence-electron chi connectivity index (χ2n) is 38.4. The Morgan fingerprint density at radius 2 is 1.24 bits per heavy atom. The number of carbonyl (C=O) groups excluding carboxylic acids is 1. The summed E-state index contributed by atoms with van der Waals surface area (Å²) in [6.07, 6.45) is 26.9. The van der Waals surface area contributed by atoms with E-state index in [0.29, 0.717) is 41.6 Å². The molecule has 6 aromatic heterocycles. The largest absolute Gasteiger partial charge is 0.702 e. The Labute approximate surface area is 902 Å². The molecule has 2 atom stereocenters. The van der Waals surface area contributed by atoms with Crippen LogP contribution in [0.15, 0.2) is 428 Å². The van der Waals surface area contributed by atoms with Gasteiger partial charge in [-0.15, -0.1) is 57.7 Å². The van der Waals surface area contributed by atoms with Crippen molar-refractivity contribution in [2.45, 2.75) is 133 Å². The van der Waals surface area contributed by atoms with Gasteiger partial charge < -0.3 is 34.9 Å². The van der Waals surface area contributed by atoms with Crippen molar-refractivity contribution in [3.8, 4) is 61.8 Å². The number of hydrogen-bond acceptors (Lipinski definition) is 11. The van der Waals surface area contributed by atoms with E-state index in [-0.39, 0.29) is 64.7 Å². The minimum absolute atomic E-state index is 0. The number of ketones is 1. The van der Waals surface area contributed by atoms with Crippen LogP contribution in [0, 0.1) is 23.8 Å². The van der Waals surface area contributed by atoms with E-state index in [0.717, 1.165) is 99.2 Å². The second kappa shape index (κ2) is 46.4. The molecular formula is C129H118F2Ir2N14O3. The molecule has 27 rings (SSSR count). The number of hydrogen-bond donors (Lipinski definition) is 1. The molecule has 2 unspecified atom stereocenters. The van der Waals surface area contributed by atoms with Crippen molar-refractivity contribution in [1.82, 2.24) is 34.2 Å². The quantitative estimate of drug-likeness (QED) is 0.0330. The van der Waals surface area contributed by atoms with Crippen molar-refractivity contribution in [1.29, 1.82) is 0 Å². The summed E-state index contributed by atoms with van der Waals surface area (Å²) in [5.74, 6) is 0.945. The first kappa shape index (κ1) is 105. The number of furan rings is 1. The molecule has 14 aromatic carbocycles. The molecule has 0 fully saturated rings. The standard InChI is InChI=1S/C27H18N.C22H25N2.C18H16N3.C16H14N3O.C15H8F2N.C14H12N2.C11H13N2.C5H8O2.CH4.2Ir/c1-4-10-20(11-5-1)23-16-17-26-25(18-23)24(21-12-6-2-7-13-21)19-27(28-26)22-14-8-3-9-15-22;1-15(2)18-10-7-11-19(16(3)4)21(18)24-13-12-23-14-17-8-5-6-9-20(17)22(23)24;1-11(2)21-19-17-15-8-4-3-7-13(15)14-9-5-6-12-10-20(21)18(17)16(12)14;1-17-8-9-18-15(17)10-11-6-7-13-12-4-2-3-5-14(12)20-16(13)19(11)18;16-11-5-6-13(14(17)9-11)15-12-4-2-1-3-10(12)7-8-18-15;1-2-7-13-11(5-1)9-14-15-8-4-3-6-12(15)10-16(13)14;1-9(12)8-10(2)13-11-6-4-3-5-7-11;1-4(6)3-5(2)7;;;/h1-14,16-19H;5-13,15-16H,14H2,1-4H3;3-9,11H,10H2,1-2H3;2-9,15H,10H2,1H3;1-5,7-9H;1-8,10,14H,9H2;3-8,12H,1-2H3;3,6H,1-2H3;1H4;;/q-1;3*+1;-1;;-1;;;;. The minimum Gasteiger partial charge on any atom is -0.702 e. The number of anilines is 1. The van der Waals surface area contributed by atoms with Gasteiger partial charge in [-0.25, -0.2) is 4.57 Å². The zero-order chi connectivity index (χ0) is 102. The van der Waals surface area contributed by atoms with Gasteiger partial charge in [-0.2, -0.15) is 10.3 Å². The van der Waals surface area contributed by atoms with Gasteiger partial charge in [0.1, 0.15) is 54.3 Å². The maximum absolute atomic E-state index is 13.8. The van der Waals surface area contributed by atoms with Crippen molar-refractivity contribution in [3.63, 3.8) is 0 Å². The van der Waals surface area contributed by atoms with Crippen LogP contribution >= 0.6 is 0 Å². The molecule has 754 valence electrons. The van der Waals surface area contributed by atoms with Crippen LogP contribution in [0.2, 0.25) is 0 Å². The zero-order valence-corrected chi connectivity index (χ0v) is 89.6. The molecule has 150 heavy (non-hydrogen) atoms. The van der Waals surface area contributed by atoms with Crippen LogP contribution in [0.5, 0.6) is 0 Å². The van der Waals surface area contributed by atoms with Crippen LogP contribution < -0.4 is 23.8 Å². The van der Waals surface area contributed by atoms with E-state index in [1.165, 1.54) is 142 Å². The molecule has 2 radical (unpaired) electrons. The number of halogens is 2. The molecular weight excluding hydrogens is 2220 g/mol. The predicted octanol–water partition coefficient (Wildman–Crippen LogP) is 29.8. The van der Waals surface area contributed by atoms with Crippen molar-refractivity contribution in [2.24, 2.45) is 4.99 Å². The minimum atomic E-state index is -0.654. The Hall–Kier alpha value is -16.3. The fourth-order valence-electron chi connectivity index (χ4n) is 20.6. The number of nitrogens with zero attached hydrogens (tertiary/aromatic N) is 13. The van der Waals surface area contributed by atoms with E-state index in [1.807, 2.05) is 110 Å². The molecule has 0 saturated heterocycles. The van der Waals surface area contributed by atoms with Crippen LogP contribution in [0.1, 0.15) is 128 Å². The summed E-state index contributed by atoms with van der Waals surface area (Å²) in [5, 5.41) is 26.1. The normalized spacial score (nSPS) is 14.2. The van der Waals surface area contributed by atoms with Gasteiger partial charge in [0.2, 0.25) is 11.2 Å². The van der Waals surface area contributed by atoms with Crippen LogP contribution in [0.25, 0.3) is 144 Å². The number of fused-ring (bicyclic) bond motifs is 20. The summed E-state index contributed by atoms with van der Waals surface area (Å²) < 4.78 is 42.1. The van der Waals surface area contributed by atoms with E-state index in [9.17, 15) is 13.6 Å². The number of aliphatic hydroxyl groups excluding tert-OH is 1. The van der Waals surface area contributed by atoms with Gasteiger partial charge in [-0.05, 0) is 189 Å². The molecule has 0 spiro atoms. The number of para-hydroxylation sites is 4. The number of rotatable bonds is 11. The van der Waals surface area contributed by atoms with Crippen molar-refractivity contribution in [3.05, 3.63) is 482 Å². The number of benzene rings is 14. The van der Waals surface area contributed by atoms with Gasteiger partial charge in [0.25, 0.3) is 11.3 Å². The van der Waals surface area contributed by atoms with E-state index in [4.69, 9.17) is 25.3 Å². The molecule has 0 amide bonds. The van der Waals surface area contributed by atoms with Gasteiger partial charge in [0, 0.05) is 163 Å². The molecule has 17 nitrogen and oxygen atoms in total. The predicted molar refractivity (Wildman–Crippen MR) is 598 cm³/mol. The van der Waals surface area contributed by atoms with Crippen molar-refractivity contribution >= 4 is 99.2 Å². The monoisotopic (exact) mass is 2330 g/mol. The average molecular weight is 2330 g/mol. The Balaban J connectivity index is 0.000000119. The summed E-state index contributed by atoms with van der Waals surface area (Å²) in [7, 11) is 2.11. The molecule has 0 aliphatic carbocycles. The number of imidazole rings is 1. The summed E-state index contributed by atoms with van der Waals surface area (Å²) in [6.45, 7) is 21.9. The number of aliphatic hydroxyl groups is 1. The average Bonchev–Trinajstić information content (AvgIpc) is 1.54. The summed E-state index contributed by atoms with van der Waals surface area (Å²) >= 11 is 0. The van der Waals surface area contributed by atoms with Gasteiger partial charge in [0.15, 0.2) is 11.9 Å². The van der Waals surface area contributed by atoms with Crippen molar-refractivity contribution < 1.29 is 77.2 Å². The van der Waals surface area contributed by atoms with E-state index in [1.54, 1.807) is 19.2 Å². The first-order chi connectivity index (χ1) is 71.5. The third-order valence-corrected chi connectivity index (χ3v) is 27.2.